The number of hydrogen-bond donors (Lipinski definition) is 0. The second kappa shape index (κ2) is 13.9. The lowest BCUT2D eigenvalue weighted by Crippen LogP contribution is -2.46. The first-order chi connectivity index (χ1) is 26.1. The van der Waals surface area contributed by atoms with Gasteiger partial charge in [0.25, 0.3) is 11.4 Å². The van der Waals surface area contributed by atoms with E-state index in [0.29, 0.717) is 55.3 Å². The number of anilines is 1. The van der Waals surface area contributed by atoms with E-state index in [1.165, 1.54) is 59.5 Å². The molecule has 0 spiro atoms. The van der Waals surface area contributed by atoms with Crippen LogP contribution in [0.1, 0.15) is 40.6 Å². The summed E-state index contributed by atoms with van der Waals surface area (Å²) in [7, 11) is 0. The topological polar surface area (TPSA) is 202 Å². The second-order valence-corrected chi connectivity index (χ2v) is 13.0. The highest BCUT2D eigenvalue weighted by Gasteiger charge is 2.29. The fraction of sp³-hybridized carbons (Fsp3) is 0.257. The number of rotatable bonds is 11. The summed E-state index contributed by atoms with van der Waals surface area (Å²) in [5.41, 5.74) is 2.12. The summed E-state index contributed by atoms with van der Waals surface area (Å²) in [4.78, 5) is 51.9. The number of hydrogen-bond acceptors (Lipinski definition) is 13. The number of piperazine rings is 1. The minimum absolute atomic E-state index is 0.0130. The largest absolute Gasteiger partial charge is 0.455 e. The summed E-state index contributed by atoms with van der Waals surface area (Å²) in [6.07, 6.45) is 6.45. The van der Waals surface area contributed by atoms with Crippen LogP contribution < -0.4 is 10.3 Å². The van der Waals surface area contributed by atoms with Gasteiger partial charge in [0.15, 0.2) is 0 Å². The van der Waals surface area contributed by atoms with Crippen molar-refractivity contribution in [3.05, 3.63) is 132 Å². The highest BCUT2D eigenvalue weighted by atomic mass is 19.1. The first-order valence-corrected chi connectivity index (χ1v) is 17.0. The number of nitrogens with zero attached hydrogens (tertiary/aromatic N) is 11. The molecule has 1 saturated carbocycles. The lowest BCUT2D eigenvalue weighted by Gasteiger charge is -2.36. The third-order valence-corrected chi connectivity index (χ3v) is 9.44. The molecule has 274 valence electrons. The number of fused-ring (bicyclic) bond motifs is 1. The van der Waals surface area contributed by atoms with Crippen molar-refractivity contribution in [3.63, 3.8) is 0 Å². The molecule has 2 fully saturated rings. The van der Waals surface area contributed by atoms with Crippen molar-refractivity contribution >= 4 is 33.9 Å². The Labute approximate surface area is 303 Å². The number of non-ortho nitro benzene ring substituents is 2. The van der Waals surface area contributed by atoms with Crippen molar-refractivity contribution in [2.45, 2.75) is 32.0 Å². The fourth-order valence-electron chi connectivity index (χ4n) is 6.44. The van der Waals surface area contributed by atoms with Gasteiger partial charge in [-0.05, 0) is 49.2 Å². The number of aromatic nitrogens is 7. The number of ether oxygens (including phenoxy) is 1. The molecule has 3 aromatic heterocycles. The predicted molar refractivity (Wildman–Crippen MR) is 189 cm³/mol. The Morgan fingerprint density at radius 3 is 1.96 bits per heavy atom. The Bertz CT molecular complexity index is 2470. The second-order valence-electron chi connectivity index (χ2n) is 13.0. The number of esters is 1. The van der Waals surface area contributed by atoms with Crippen LogP contribution >= 0.6 is 0 Å². The summed E-state index contributed by atoms with van der Waals surface area (Å²) < 4.78 is 26.0. The number of halogens is 1. The molecule has 4 heterocycles. The van der Waals surface area contributed by atoms with E-state index in [1.807, 2.05) is 9.47 Å². The van der Waals surface area contributed by atoms with E-state index in [-0.39, 0.29) is 40.7 Å². The van der Waals surface area contributed by atoms with Gasteiger partial charge in [0, 0.05) is 74.6 Å². The SMILES string of the molecule is O=C(OCc1cn(-c2ccc([N+](=O)[O-])cc2)nn1)c1cn(C2CC2)c2cc(N3CCN(Cc4cn(-c5ccc([N+](=O)[O-])cc5)nn4)CC3)c(F)cc2c1=O. The summed E-state index contributed by atoms with van der Waals surface area (Å²) in [5, 5.41) is 38.4. The van der Waals surface area contributed by atoms with E-state index in [0.717, 1.165) is 18.5 Å². The highest BCUT2D eigenvalue weighted by Crippen LogP contribution is 2.38. The van der Waals surface area contributed by atoms with Crippen molar-refractivity contribution in [2.75, 3.05) is 31.1 Å². The van der Waals surface area contributed by atoms with Crippen LogP contribution in [0.15, 0.2) is 84.0 Å². The Morgan fingerprint density at radius 1 is 0.815 bits per heavy atom. The molecule has 1 saturated heterocycles. The summed E-state index contributed by atoms with van der Waals surface area (Å²) in [6, 6.07) is 14.6. The van der Waals surface area contributed by atoms with Crippen molar-refractivity contribution in [3.8, 4) is 11.4 Å². The molecule has 54 heavy (non-hydrogen) atoms. The minimum atomic E-state index is -0.880. The summed E-state index contributed by atoms with van der Waals surface area (Å²) in [5.74, 6) is -1.45. The van der Waals surface area contributed by atoms with Gasteiger partial charge in [0.1, 0.15) is 23.7 Å². The van der Waals surface area contributed by atoms with Gasteiger partial charge >= 0.3 is 5.97 Å². The Morgan fingerprint density at radius 2 is 1.39 bits per heavy atom. The third kappa shape index (κ3) is 6.86. The normalized spacial score (nSPS) is 14.7. The molecule has 18 nitrogen and oxygen atoms in total. The molecule has 1 aliphatic carbocycles. The lowest BCUT2D eigenvalue weighted by molar-refractivity contribution is -0.385. The van der Waals surface area contributed by atoms with Gasteiger partial charge in [0.2, 0.25) is 5.43 Å². The van der Waals surface area contributed by atoms with E-state index in [9.17, 15) is 29.8 Å². The number of nitro benzene ring substituents is 2. The summed E-state index contributed by atoms with van der Waals surface area (Å²) >= 11 is 0. The molecule has 1 aliphatic heterocycles. The van der Waals surface area contributed by atoms with Crippen LogP contribution in [0.2, 0.25) is 0 Å². The standard InChI is InChI=1S/C35H30FN11O7/c36-31-15-29-32(16-33(31)42-13-11-41(12-14-42)17-22-18-44(39-37-22)25-3-7-27(8-4-25)46(50)51)43(24-1-2-24)20-30(34(29)48)35(49)54-21-23-19-45(40-38-23)26-5-9-28(10-6-26)47(52)53/h3-10,15-16,18-20,24H,1-2,11-14,17,21H2. The maximum atomic E-state index is 15.8. The zero-order chi connectivity index (χ0) is 37.5. The maximum absolute atomic E-state index is 15.8. The highest BCUT2D eigenvalue weighted by molar-refractivity contribution is 5.94. The van der Waals surface area contributed by atoms with Crippen molar-refractivity contribution in [1.82, 2.24) is 39.5 Å². The van der Waals surface area contributed by atoms with Gasteiger partial charge in [-0.3, -0.25) is 29.9 Å². The van der Waals surface area contributed by atoms with E-state index >= 15 is 4.39 Å². The van der Waals surface area contributed by atoms with Crippen LogP contribution in [0.25, 0.3) is 22.3 Å². The van der Waals surface area contributed by atoms with Crippen LogP contribution in [0, 0.1) is 26.0 Å². The van der Waals surface area contributed by atoms with Crippen LogP contribution in [-0.4, -0.2) is 81.4 Å². The molecule has 19 heteroatoms. The quantitative estimate of drug-likeness (QED) is 0.104. The molecule has 0 bridgehead atoms. The van der Waals surface area contributed by atoms with Crippen molar-refractivity contribution < 1.29 is 23.8 Å². The smallest absolute Gasteiger partial charge is 0.344 e. The van der Waals surface area contributed by atoms with Gasteiger partial charge in [-0.1, -0.05) is 10.4 Å². The molecule has 0 amide bonds. The van der Waals surface area contributed by atoms with Crippen LogP contribution in [0.3, 0.4) is 0 Å². The molecule has 0 N–H and O–H groups in total. The molecule has 8 rings (SSSR count). The van der Waals surface area contributed by atoms with Crippen LogP contribution in [0.4, 0.5) is 21.5 Å². The molecular formula is C35H30FN11O7. The Balaban J connectivity index is 0.939. The van der Waals surface area contributed by atoms with E-state index in [1.54, 1.807) is 29.1 Å². The monoisotopic (exact) mass is 735 g/mol. The number of carbonyl (C=O) groups is 1. The molecule has 0 atom stereocenters. The van der Waals surface area contributed by atoms with Crippen molar-refractivity contribution in [2.24, 2.45) is 0 Å². The molecular weight excluding hydrogens is 705 g/mol. The first-order valence-electron chi connectivity index (χ1n) is 17.0. The minimum Gasteiger partial charge on any atom is -0.455 e. The van der Waals surface area contributed by atoms with Gasteiger partial charge < -0.3 is 14.2 Å². The summed E-state index contributed by atoms with van der Waals surface area (Å²) in [6.45, 7) is 2.49. The number of carbonyl (C=O) groups excluding carboxylic acids is 1. The van der Waals surface area contributed by atoms with Gasteiger partial charge in [-0.25, -0.2) is 18.5 Å². The number of nitro groups is 2. The predicted octanol–water partition coefficient (Wildman–Crippen LogP) is 4.13. The van der Waals surface area contributed by atoms with E-state index < -0.39 is 27.1 Å². The zero-order valence-corrected chi connectivity index (χ0v) is 28.4. The van der Waals surface area contributed by atoms with E-state index in [2.05, 4.69) is 25.5 Å². The zero-order valence-electron chi connectivity index (χ0n) is 28.4. The average molecular weight is 736 g/mol. The Kier molecular flexibility index (Phi) is 8.82. The number of benzene rings is 3. The molecule has 0 unspecified atom stereocenters. The first kappa shape index (κ1) is 34.2. The van der Waals surface area contributed by atoms with Crippen LogP contribution in [0.5, 0.6) is 0 Å². The van der Waals surface area contributed by atoms with Crippen molar-refractivity contribution in [1.29, 1.82) is 0 Å². The van der Waals surface area contributed by atoms with Gasteiger partial charge in [-0.2, -0.15) is 0 Å². The van der Waals surface area contributed by atoms with E-state index in [4.69, 9.17) is 4.74 Å². The molecule has 2 aliphatic rings. The molecule has 0 radical (unpaired) electrons. The Hall–Kier alpha value is -6.89. The maximum Gasteiger partial charge on any atom is 0.344 e. The lowest BCUT2D eigenvalue weighted by atomic mass is 10.1. The van der Waals surface area contributed by atoms with Gasteiger partial charge in [-0.15, -0.1) is 10.2 Å². The molecule has 3 aromatic carbocycles. The third-order valence-electron chi connectivity index (χ3n) is 9.44. The van der Waals surface area contributed by atoms with Crippen LogP contribution in [-0.2, 0) is 17.9 Å². The van der Waals surface area contributed by atoms with Gasteiger partial charge in [0.05, 0.1) is 50.5 Å². The molecule has 6 aromatic rings. The number of pyridine rings is 1. The fourth-order valence-corrected chi connectivity index (χ4v) is 6.44. The average Bonchev–Trinajstić information content (AvgIpc) is 3.72.